The van der Waals surface area contributed by atoms with E-state index >= 15 is 0 Å². The minimum absolute atomic E-state index is 0.303. The summed E-state index contributed by atoms with van der Waals surface area (Å²) in [6.07, 6.45) is 0.465. The highest BCUT2D eigenvalue weighted by Gasteiger charge is 2.14. The number of carbonyl (C=O) groups is 1. The minimum Gasteiger partial charge on any atom is -0.373 e. The van der Waals surface area contributed by atoms with Crippen LogP contribution in [0.1, 0.15) is 6.42 Å². The van der Waals surface area contributed by atoms with Gasteiger partial charge >= 0.3 is 5.97 Å². The van der Waals surface area contributed by atoms with E-state index in [-0.39, 0.29) is 5.97 Å². The molecule has 0 saturated heterocycles. The zero-order valence-electron chi connectivity index (χ0n) is 6.81. The number of nitrogens with two attached hydrogens (primary N) is 1. The smallest absolute Gasteiger partial charge is 0.324 e. The largest absolute Gasteiger partial charge is 0.373 e. The molecule has 0 aliphatic heterocycles. The molecule has 0 aliphatic rings. The first-order valence-corrected chi connectivity index (χ1v) is 7.06. The molecule has 60 valence electrons. The number of carbonyl (C=O) groups excluding carboxylic acids is 1. The molecular weight excluding hydrogens is 146 g/mol. The Labute approximate surface area is 62.5 Å². The van der Waals surface area contributed by atoms with Gasteiger partial charge in [0, 0.05) is 14.5 Å². The summed E-state index contributed by atoms with van der Waals surface area (Å²) in [5.41, 5.74) is 0. The average Bonchev–Trinajstić information content (AvgIpc) is 1.81. The van der Waals surface area contributed by atoms with Crippen LogP contribution in [0.15, 0.2) is 0 Å². The van der Waals surface area contributed by atoms with E-state index in [1.807, 2.05) is 0 Å². The van der Waals surface area contributed by atoms with Crippen LogP contribution in [0, 0.1) is 0 Å². The third-order valence-corrected chi connectivity index (χ3v) is 2.96. The molecular formula is C6H15NO2Si. The van der Waals surface area contributed by atoms with Crippen molar-refractivity contribution in [1.82, 2.24) is 0 Å². The second kappa shape index (κ2) is 3.73. The molecule has 0 aromatic carbocycles. The van der Waals surface area contributed by atoms with Crippen LogP contribution in [-0.2, 0) is 9.63 Å². The Balaban J connectivity index is 3.46. The van der Waals surface area contributed by atoms with Crippen molar-refractivity contribution in [2.24, 2.45) is 5.90 Å². The lowest BCUT2D eigenvalue weighted by molar-refractivity contribution is -0.143. The molecule has 0 aromatic heterocycles. The fourth-order valence-corrected chi connectivity index (χ4v) is 1.49. The monoisotopic (exact) mass is 161 g/mol. The summed E-state index contributed by atoms with van der Waals surface area (Å²) < 4.78 is 0. The fourth-order valence-electron chi connectivity index (χ4n) is 0.536. The van der Waals surface area contributed by atoms with Gasteiger partial charge in [0.15, 0.2) is 0 Å². The molecule has 4 heteroatoms. The predicted molar refractivity (Wildman–Crippen MR) is 43.0 cm³/mol. The van der Waals surface area contributed by atoms with Gasteiger partial charge in [0.05, 0.1) is 0 Å². The first-order valence-electron chi connectivity index (χ1n) is 3.35. The SMILES string of the molecule is C[Si](C)(C)CCC(=O)ON. The third-order valence-electron chi connectivity index (χ3n) is 1.21. The van der Waals surface area contributed by atoms with Crippen molar-refractivity contribution in [3.05, 3.63) is 0 Å². The first-order chi connectivity index (χ1) is 4.45. The summed E-state index contributed by atoms with van der Waals surface area (Å²) in [6, 6.07) is 0.947. The topological polar surface area (TPSA) is 52.3 Å². The Morgan fingerprint density at radius 3 is 2.30 bits per heavy atom. The van der Waals surface area contributed by atoms with Crippen LogP contribution in [0.5, 0.6) is 0 Å². The lowest BCUT2D eigenvalue weighted by Crippen LogP contribution is -2.22. The van der Waals surface area contributed by atoms with Crippen LogP contribution in [-0.4, -0.2) is 14.0 Å². The molecule has 0 rings (SSSR count). The van der Waals surface area contributed by atoms with Crippen LogP contribution in [0.4, 0.5) is 0 Å². The predicted octanol–water partition coefficient (Wildman–Crippen LogP) is 1.13. The lowest BCUT2D eigenvalue weighted by Gasteiger charge is -2.13. The Morgan fingerprint density at radius 2 is 2.00 bits per heavy atom. The minimum atomic E-state index is -1.09. The number of hydrogen-bond acceptors (Lipinski definition) is 3. The Bertz CT molecular complexity index is 119. The van der Waals surface area contributed by atoms with Crippen molar-refractivity contribution < 1.29 is 9.63 Å². The van der Waals surface area contributed by atoms with E-state index in [2.05, 4.69) is 30.4 Å². The Kier molecular flexibility index (Phi) is 3.60. The third kappa shape index (κ3) is 5.78. The van der Waals surface area contributed by atoms with Crippen LogP contribution in [0.2, 0.25) is 25.7 Å². The van der Waals surface area contributed by atoms with Gasteiger partial charge in [0.2, 0.25) is 0 Å². The highest BCUT2D eigenvalue weighted by molar-refractivity contribution is 6.76. The zero-order chi connectivity index (χ0) is 8.20. The lowest BCUT2D eigenvalue weighted by atomic mass is 10.5. The van der Waals surface area contributed by atoms with E-state index in [0.29, 0.717) is 6.42 Å². The second-order valence-corrected chi connectivity index (χ2v) is 9.17. The summed E-state index contributed by atoms with van der Waals surface area (Å²) >= 11 is 0. The Hall–Kier alpha value is -0.353. The van der Waals surface area contributed by atoms with Gasteiger partial charge in [0.1, 0.15) is 0 Å². The highest BCUT2D eigenvalue weighted by Crippen LogP contribution is 2.10. The Morgan fingerprint density at radius 1 is 1.50 bits per heavy atom. The maximum Gasteiger partial charge on any atom is 0.324 e. The maximum absolute atomic E-state index is 10.5. The van der Waals surface area contributed by atoms with Gasteiger partial charge in [-0.05, 0) is 6.04 Å². The molecule has 0 unspecified atom stereocenters. The van der Waals surface area contributed by atoms with Crippen LogP contribution < -0.4 is 5.90 Å². The van der Waals surface area contributed by atoms with E-state index < -0.39 is 8.07 Å². The molecule has 10 heavy (non-hydrogen) atoms. The van der Waals surface area contributed by atoms with E-state index in [0.717, 1.165) is 6.04 Å². The summed E-state index contributed by atoms with van der Waals surface area (Å²) in [5, 5.41) is 0. The summed E-state index contributed by atoms with van der Waals surface area (Å²) in [4.78, 5) is 14.6. The van der Waals surface area contributed by atoms with Crippen molar-refractivity contribution in [3.8, 4) is 0 Å². The number of hydrogen-bond donors (Lipinski definition) is 1. The molecule has 0 heterocycles. The van der Waals surface area contributed by atoms with Gasteiger partial charge in [-0.3, -0.25) is 4.79 Å². The normalized spacial score (nSPS) is 11.2. The van der Waals surface area contributed by atoms with Gasteiger partial charge in [-0.2, -0.15) is 5.90 Å². The zero-order valence-corrected chi connectivity index (χ0v) is 7.81. The van der Waals surface area contributed by atoms with E-state index in [1.165, 1.54) is 0 Å². The molecule has 3 nitrogen and oxygen atoms in total. The van der Waals surface area contributed by atoms with Gasteiger partial charge in [0.25, 0.3) is 0 Å². The quantitative estimate of drug-likeness (QED) is 0.498. The van der Waals surface area contributed by atoms with Crippen molar-refractivity contribution in [2.45, 2.75) is 32.1 Å². The molecule has 0 amide bonds. The van der Waals surface area contributed by atoms with Gasteiger partial charge in [-0.1, -0.05) is 19.6 Å². The van der Waals surface area contributed by atoms with Gasteiger partial charge < -0.3 is 4.84 Å². The molecule has 0 atom stereocenters. The van der Waals surface area contributed by atoms with Crippen LogP contribution in [0.3, 0.4) is 0 Å². The maximum atomic E-state index is 10.5. The number of rotatable bonds is 3. The van der Waals surface area contributed by atoms with Crippen LogP contribution >= 0.6 is 0 Å². The molecule has 0 fully saturated rings. The van der Waals surface area contributed by atoms with Crippen molar-refractivity contribution in [2.75, 3.05) is 0 Å². The summed E-state index contributed by atoms with van der Waals surface area (Å²) in [6.45, 7) is 6.62. The molecule has 0 aliphatic carbocycles. The average molecular weight is 161 g/mol. The van der Waals surface area contributed by atoms with Crippen molar-refractivity contribution >= 4 is 14.0 Å². The van der Waals surface area contributed by atoms with Crippen LogP contribution in [0.25, 0.3) is 0 Å². The van der Waals surface area contributed by atoms with Crippen molar-refractivity contribution in [3.63, 3.8) is 0 Å². The summed E-state index contributed by atoms with van der Waals surface area (Å²) in [5.74, 6) is 4.36. The molecule has 0 saturated carbocycles. The van der Waals surface area contributed by atoms with Gasteiger partial charge in [-0.25, -0.2) is 0 Å². The molecule has 0 spiro atoms. The standard InChI is InChI=1S/C6H15NO2Si/c1-10(2,3)5-4-6(8)9-7/h4-5,7H2,1-3H3. The first kappa shape index (κ1) is 9.65. The van der Waals surface area contributed by atoms with Crippen molar-refractivity contribution in [1.29, 1.82) is 0 Å². The molecule has 0 aromatic rings. The van der Waals surface area contributed by atoms with E-state index in [4.69, 9.17) is 0 Å². The fraction of sp³-hybridized carbons (Fsp3) is 0.833. The molecule has 0 radical (unpaired) electrons. The summed E-state index contributed by atoms with van der Waals surface area (Å²) in [7, 11) is -1.09. The second-order valence-electron chi connectivity index (χ2n) is 3.55. The molecule has 2 N–H and O–H groups in total. The van der Waals surface area contributed by atoms with E-state index in [9.17, 15) is 4.79 Å². The highest BCUT2D eigenvalue weighted by atomic mass is 28.3. The van der Waals surface area contributed by atoms with E-state index in [1.54, 1.807) is 0 Å². The van der Waals surface area contributed by atoms with Gasteiger partial charge in [-0.15, -0.1) is 0 Å². The molecule has 0 bridgehead atoms.